The standard InChI is InChI=1S/C14H13N3O/c1-10-8-14(17-7-3-6-15-17)16-13-9-11(18-2)4-5-12(10)13/h3-9H,1-2H3. The molecule has 0 saturated heterocycles. The van der Waals surface area contributed by atoms with Crippen molar-refractivity contribution in [3.8, 4) is 11.6 Å². The first-order valence-electron chi connectivity index (χ1n) is 5.73. The summed E-state index contributed by atoms with van der Waals surface area (Å²) in [5.74, 6) is 1.63. The van der Waals surface area contributed by atoms with Gasteiger partial charge in [0.25, 0.3) is 0 Å². The Labute approximate surface area is 105 Å². The number of benzene rings is 1. The molecule has 0 aliphatic rings. The highest BCUT2D eigenvalue weighted by Crippen LogP contribution is 2.23. The number of fused-ring (bicyclic) bond motifs is 1. The van der Waals surface area contributed by atoms with Crippen LogP contribution in [0.2, 0.25) is 0 Å². The number of methoxy groups -OCH3 is 1. The Hall–Kier alpha value is -2.36. The number of pyridine rings is 1. The van der Waals surface area contributed by atoms with Crippen LogP contribution in [0.25, 0.3) is 16.7 Å². The molecule has 0 fully saturated rings. The number of ether oxygens (including phenoxy) is 1. The molecule has 90 valence electrons. The fourth-order valence-corrected chi connectivity index (χ4v) is 2.01. The molecule has 4 heteroatoms. The van der Waals surface area contributed by atoms with Gasteiger partial charge in [0.1, 0.15) is 5.75 Å². The van der Waals surface area contributed by atoms with Crippen LogP contribution in [0.15, 0.2) is 42.7 Å². The summed E-state index contributed by atoms with van der Waals surface area (Å²) >= 11 is 0. The monoisotopic (exact) mass is 239 g/mol. The Kier molecular flexibility index (Phi) is 2.48. The van der Waals surface area contributed by atoms with Gasteiger partial charge in [0.15, 0.2) is 5.82 Å². The fraction of sp³-hybridized carbons (Fsp3) is 0.143. The van der Waals surface area contributed by atoms with E-state index >= 15 is 0 Å². The number of nitrogens with zero attached hydrogens (tertiary/aromatic N) is 3. The van der Waals surface area contributed by atoms with Gasteiger partial charge in [-0.05, 0) is 36.8 Å². The van der Waals surface area contributed by atoms with Crippen molar-refractivity contribution in [2.45, 2.75) is 6.92 Å². The molecule has 0 unspecified atom stereocenters. The molecular weight excluding hydrogens is 226 g/mol. The first kappa shape index (κ1) is 10.8. The van der Waals surface area contributed by atoms with E-state index in [1.807, 2.05) is 36.5 Å². The maximum Gasteiger partial charge on any atom is 0.154 e. The Morgan fingerprint density at radius 3 is 2.83 bits per heavy atom. The zero-order valence-electron chi connectivity index (χ0n) is 10.3. The van der Waals surface area contributed by atoms with Crippen LogP contribution in [0, 0.1) is 6.92 Å². The van der Waals surface area contributed by atoms with E-state index in [1.54, 1.807) is 18.0 Å². The second-order valence-electron chi connectivity index (χ2n) is 4.13. The number of hydrogen-bond donors (Lipinski definition) is 0. The highest BCUT2D eigenvalue weighted by Gasteiger charge is 2.05. The van der Waals surface area contributed by atoms with Crippen LogP contribution in [-0.2, 0) is 0 Å². The third kappa shape index (κ3) is 1.72. The van der Waals surface area contributed by atoms with E-state index in [0.717, 1.165) is 22.5 Å². The van der Waals surface area contributed by atoms with Crippen molar-refractivity contribution in [1.82, 2.24) is 14.8 Å². The molecule has 0 saturated carbocycles. The molecule has 0 spiro atoms. The molecule has 3 aromatic rings. The van der Waals surface area contributed by atoms with Gasteiger partial charge in [0.2, 0.25) is 0 Å². The third-order valence-electron chi connectivity index (χ3n) is 2.95. The first-order valence-corrected chi connectivity index (χ1v) is 5.73. The van der Waals surface area contributed by atoms with Crippen molar-refractivity contribution in [3.05, 3.63) is 48.3 Å². The van der Waals surface area contributed by atoms with Crippen molar-refractivity contribution < 1.29 is 4.74 Å². The summed E-state index contributed by atoms with van der Waals surface area (Å²) in [6.07, 6.45) is 3.63. The van der Waals surface area contributed by atoms with Gasteiger partial charge in [-0.25, -0.2) is 9.67 Å². The maximum atomic E-state index is 5.23. The van der Waals surface area contributed by atoms with Gasteiger partial charge in [-0.2, -0.15) is 5.10 Å². The van der Waals surface area contributed by atoms with Crippen LogP contribution >= 0.6 is 0 Å². The SMILES string of the molecule is COc1ccc2c(C)cc(-n3cccn3)nc2c1. The Bertz CT molecular complexity index is 690. The van der Waals surface area contributed by atoms with E-state index in [1.165, 1.54) is 5.56 Å². The van der Waals surface area contributed by atoms with E-state index in [9.17, 15) is 0 Å². The summed E-state index contributed by atoms with van der Waals surface area (Å²) in [5.41, 5.74) is 2.09. The van der Waals surface area contributed by atoms with Crippen LogP contribution in [0.3, 0.4) is 0 Å². The summed E-state index contributed by atoms with van der Waals surface area (Å²) in [5, 5.41) is 5.33. The molecule has 0 bridgehead atoms. The van der Waals surface area contributed by atoms with Crippen LogP contribution in [-0.4, -0.2) is 21.9 Å². The summed E-state index contributed by atoms with van der Waals surface area (Å²) in [6.45, 7) is 2.07. The number of aromatic nitrogens is 3. The highest BCUT2D eigenvalue weighted by molar-refractivity contribution is 5.84. The van der Waals surface area contributed by atoms with Gasteiger partial charge >= 0.3 is 0 Å². The van der Waals surface area contributed by atoms with Crippen LogP contribution < -0.4 is 4.74 Å². The Morgan fingerprint density at radius 1 is 1.22 bits per heavy atom. The van der Waals surface area contributed by atoms with Gasteiger partial charge in [0.05, 0.1) is 12.6 Å². The minimum Gasteiger partial charge on any atom is -0.497 e. The molecule has 0 aliphatic carbocycles. The number of rotatable bonds is 2. The molecule has 2 heterocycles. The highest BCUT2D eigenvalue weighted by atomic mass is 16.5. The van der Waals surface area contributed by atoms with E-state index in [-0.39, 0.29) is 0 Å². The van der Waals surface area contributed by atoms with Crippen molar-refractivity contribution in [1.29, 1.82) is 0 Å². The van der Waals surface area contributed by atoms with Gasteiger partial charge in [-0.3, -0.25) is 0 Å². The van der Waals surface area contributed by atoms with Gasteiger partial charge in [-0.1, -0.05) is 0 Å². The van der Waals surface area contributed by atoms with Crippen molar-refractivity contribution >= 4 is 10.9 Å². The van der Waals surface area contributed by atoms with Crippen molar-refractivity contribution in [2.24, 2.45) is 0 Å². The predicted octanol–water partition coefficient (Wildman–Crippen LogP) is 2.74. The molecule has 2 aromatic heterocycles. The van der Waals surface area contributed by atoms with Crippen molar-refractivity contribution in [3.63, 3.8) is 0 Å². The van der Waals surface area contributed by atoms with Crippen LogP contribution in [0.1, 0.15) is 5.56 Å². The van der Waals surface area contributed by atoms with Crippen molar-refractivity contribution in [2.75, 3.05) is 7.11 Å². The summed E-state index contributed by atoms with van der Waals surface area (Å²) in [6, 6.07) is 9.83. The third-order valence-corrected chi connectivity index (χ3v) is 2.95. The largest absolute Gasteiger partial charge is 0.497 e. The smallest absolute Gasteiger partial charge is 0.154 e. The van der Waals surface area contributed by atoms with Crippen LogP contribution in [0.4, 0.5) is 0 Å². The lowest BCUT2D eigenvalue weighted by Crippen LogP contribution is -1.99. The average Bonchev–Trinajstić information content (AvgIpc) is 2.91. The molecule has 0 atom stereocenters. The molecule has 0 radical (unpaired) electrons. The Balaban J connectivity index is 2.24. The summed E-state index contributed by atoms with van der Waals surface area (Å²) in [4.78, 5) is 4.61. The predicted molar refractivity (Wildman–Crippen MR) is 70.2 cm³/mol. The molecule has 18 heavy (non-hydrogen) atoms. The number of aryl methyl sites for hydroxylation is 1. The van der Waals surface area contributed by atoms with Gasteiger partial charge < -0.3 is 4.74 Å². The lowest BCUT2D eigenvalue weighted by atomic mass is 10.1. The van der Waals surface area contributed by atoms with E-state index in [2.05, 4.69) is 17.0 Å². The fourth-order valence-electron chi connectivity index (χ4n) is 2.01. The molecule has 3 rings (SSSR count). The topological polar surface area (TPSA) is 39.9 Å². The maximum absolute atomic E-state index is 5.23. The normalized spacial score (nSPS) is 10.8. The number of hydrogen-bond acceptors (Lipinski definition) is 3. The molecule has 4 nitrogen and oxygen atoms in total. The van der Waals surface area contributed by atoms with E-state index in [0.29, 0.717) is 0 Å². The quantitative estimate of drug-likeness (QED) is 0.690. The molecule has 0 amide bonds. The van der Waals surface area contributed by atoms with Gasteiger partial charge in [0, 0.05) is 23.8 Å². The second kappa shape index (κ2) is 4.14. The van der Waals surface area contributed by atoms with E-state index in [4.69, 9.17) is 4.74 Å². The summed E-state index contributed by atoms with van der Waals surface area (Å²) < 4.78 is 6.99. The zero-order chi connectivity index (χ0) is 12.5. The molecule has 0 aliphatic heterocycles. The Morgan fingerprint density at radius 2 is 2.11 bits per heavy atom. The lowest BCUT2D eigenvalue weighted by Gasteiger charge is -2.07. The lowest BCUT2D eigenvalue weighted by molar-refractivity contribution is 0.415. The van der Waals surface area contributed by atoms with E-state index < -0.39 is 0 Å². The zero-order valence-corrected chi connectivity index (χ0v) is 10.3. The average molecular weight is 239 g/mol. The molecule has 1 aromatic carbocycles. The summed E-state index contributed by atoms with van der Waals surface area (Å²) in [7, 11) is 1.66. The van der Waals surface area contributed by atoms with Gasteiger partial charge in [-0.15, -0.1) is 0 Å². The minimum atomic E-state index is 0.812. The second-order valence-corrected chi connectivity index (χ2v) is 4.13. The first-order chi connectivity index (χ1) is 8.78. The molecule has 0 N–H and O–H groups in total. The molecular formula is C14H13N3O. The van der Waals surface area contributed by atoms with Crippen LogP contribution in [0.5, 0.6) is 5.75 Å². The minimum absolute atomic E-state index is 0.812.